The number of ketones is 1. The Morgan fingerprint density at radius 2 is 1.83 bits per heavy atom. The van der Waals surface area contributed by atoms with Crippen LogP contribution in [0, 0.1) is 0 Å². The molecule has 0 aliphatic carbocycles. The molecular formula is C6H8O5S. The van der Waals surface area contributed by atoms with Crippen LogP contribution in [0.1, 0.15) is 13.3 Å². The summed E-state index contributed by atoms with van der Waals surface area (Å²) in [5.41, 5.74) is 0.0759. The van der Waals surface area contributed by atoms with E-state index in [2.05, 4.69) is 6.58 Å². The van der Waals surface area contributed by atoms with Gasteiger partial charge in [0, 0.05) is 0 Å². The van der Waals surface area contributed by atoms with E-state index in [1.807, 2.05) is 0 Å². The van der Waals surface area contributed by atoms with Gasteiger partial charge in [0.1, 0.15) is 0 Å². The standard InChI is InChI=1S/C6H8O5S/c1-4(2)5(7)3-6(8)12(9,10)11/h1,3H2,2H3,(H,9,10,11). The van der Waals surface area contributed by atoms with Crippen molar-refractivity contribution < 1.29 is 22.6 Å². The molecule has 0 fully saturated rings. The molecule has 12 heavy (non-hydrogen) atoms. The number of hydrogen-bond acceptors (Lipinski definition) is 4. The first-order valence-electron chi connectivity index (χ1n) is 2.94. The lowest BCUT2D eigenvalue weighted by Crippen LogP contribution is -2.17. The maximum atomic E-state index is 10.7. The molecule has 0 radical (unpaired) electrons. The van der Waals surface area contributed by atoms with Crippen molar-refractivity contribution in [2.24, 2.45) is 0 Å². The fourth-order valence-corrected chi connectivity index (χ4v) is 0.687. The lowest BCUT2D eigenvalue weighted by molar-refractivity contribution is -0.121. The predicted octanol–water partition coefficient (Wildman–Crippen LogP) is -0.0639. The van der Waals surface area contributed by atoms with Gasteiger partial charge in [-0.15, -0.1) is 0 Å². The summed E-state index contributed by atoms with van der Waals surface area (Å²) in [6.45, 7) is 4.56. The average Bonchev–Trinajstić information content (AvgIpc) is 1.85. The SMILES string of the molecule is C=C(C)C(=O)CC(=O)S(=O)(=O)O. The normalized spacial score (nSPS) is 10.8. The summed E-state index contributed by atoms with van der Waals surface area (Å²) in [5.74, 6) is -0.697. The van der Waals surface area contributed by atoms with Crippen molar-refractivity contribution in [2.75, 3.05) is 0 Å². The van der Waals surface area contributed by atoms with Gasteiger partial charge in [-0.3, -0.25) is 14.1 Å². The smallest absolute Gasteiger partial charge is 0.294 e. The minimum Gasteiger partial charge on any atom is -0.294 e. The van der Waals surface area contributed by atoms with Crippen LogP contribution < -0.4 is 0 Å². The second kappa shape index (κ2) is 3.59. The van der Waals surface area contributed by atoms with Crippen LogP contribution in [0.25, 0.3) is 0 Å². The van der Waals surface area contributed by atoms with Crippen molar-refractivity contribution in [3.63, 3.8) is 0 Å². The van der Waals surface area contributed by atoms with Crippen molar-refractivity contribution in [1.29, 1.82) is 0 Å². The van der Waals surface area contributed by atoms with Gasteiger partial charge >= 0.3 is 10.1 Å². The third-order valence-corrected chi connectivity index (χ3v) is 1.79. The molecule has 0 rings (SSSR count). The van der Waals surface area contributed by atoms with E-state index in [1.165, 1.54) is 6.92 Å². The molecule has 0 heterocycles. The molecule has 0 saturated heterocycles. The van der Waals surface area contributed by atoms with Crippen molar-refractivity contribution >= 4 is 21.0 Å². The largest absolute Gasteiger partial charge is 0.329 e. The number of Topliss-reactive ketones (excluding diaryl/α,β-unsaturated/α-hetero) is 1. The molecule has 0 saturated carbocycles. The highest BCUT2D eigenvalue weighted by molar-refractivity contribution is 8.01. The highest BCUT2D eigenvalue weighted by Gasteiger charge is 2.21. The first kappa shape index (κ1) is 11.0. The molecule has 0 aromatic carbocycles. The van der Waals surface area contributed by atoms with Gasteiger partial charge in [0.2, 0.25) is 0 Å². The molecule has 0 amide bonds. The molecule has 0 spiro atoms. The van der Waals surface area contributed by atoms with Crippen LogP contribution in [0.15, 0.2) is 12.2 Å². The van der Waals surface area contributed by atoms with Crippen molar-refractivity contribution in [2.45, 2.75) is 13.3 Å². The molecule has 1 N–H and O–H groups in total. The van der Waals surface area contributed by atoms with Gasteiger partial charge in [-0.25, -0.2) is 0 Å². The van der Waals surface area contributed by atoms with Crippen LogP contribution in [-0.4, -0.2) is 23.9 Å². The number of hydrogen-bond donors (Lipinski definition) is 1. The van der Waals surface area contributed by atoms with E-state index in [0.29, 0.717) is 0 Å². The third-order valence-electron chi connectivity index (χ3n) is 1.07. The number of carbonyl (C=O) groups excluding carboxylic acids is 2. The first-order chi connectivity index (χ1) is 5.25. The zero-order valence-electron chi connectivity index (χ0n) is 6.40. The van der Waals surface area contributed by atoms with E-state index < -0.39 is 27.4 Å². The fourth-order valence-electron chi connectivity index (χ4n) is 0.373. The number of rotatable bonds is 3. The Kier molecular flexibility index (Phi) is 3.29. The van der Waals surface area contributed by atoms with Crippen LogP contribution >= 0.6 is 0 Å². The van der Waals surface area contributed by atoms with E-state index in [-0.39, 0.29) is 5.57 Å². The Morgan fingerprint density at radius 1 is 1.42 bits per heavy atom. The van der Waals surface area contributed by atoms with Crippen LogP contribution in [0.3, 0.4) is 0 Å². The summed E-state index contributed by atoms with van der Waals surface area (Å²) < 4.78 is 28.4. The van der Waals surface area contributed by atoms with Crippen molar-refractivity contribution in [3.05, 3.63) is 12.2 Å². The Bertz CT molecular complexity index is 324. The second-order valence-corrected chi connectivity index (χ2v) is 3.63. The molecule has 5 nitrogen and oxygen atoms in total. The van der Waals surface area contributed by atoms with Gasteiger partial charge in [-0.2, -0.15) is 8.42 Å². The molecule has 0 aliphatic heterocycles. The highest BCUT2D eigenvalue weighted by Crippen LogP contribution is 1.99. The quantitative estimate of drug-likeness (QED) is 0.384. The van der Waals surface area contributed by atoms with Crippen LogP contribution in [0.2, 0.25) is 0 Å². The van der Waals surface area contributed by atoms with Crippen LogP contribution in [-0.2, 0) is 19.7 Å². The molecule has 0 aromatic rings. The minimum atomic E-state index is -4.73. The van der Waals surface area contributed by atoms with Gasteiger partial charge in [-0.1, -0.05) is 6.58 Å². The van der Waals surface area contributed by atoms with Crippen LogP contribution in [0.4, 0.5) is 0 Å². The summed E-state index contributed by atoms with van der Waals surface area (Å²) in [5, 5.41) is -1.50. The van der Waals surface area contributed by atoms with Crippen LogP contribution in [0.5, 0.6) is 0 Å². The molecule has 0 atom stereocenters. The van der Waals surface area contributed by atoms with E-state index in [0.717, 1.165) is 0 Å². The second-order valence-electron chi connectivity index (χ2n) is 2.23. The number of allylic oxidation sites excluding steroid dienone is 1. The Hall–Kier alpha value is -1.01. The number of carbonyl (C=O) groups is 2. The van der Waals surface area contributed by atoms with E-state index in [9.17, 15) is 18.0 Å². The van der Waals surface area contributed by atoms with Gasteiger partial charge in [-0.05, 0) is 12.5 Å². The first-order valence-corrected chi connectivity index (χ1v) is 4.38. The molecular weight excluding hydrogens is 184 g/mol. The predicted molar refractivity (Wildman–Crippen MR) is 41.0 cm³/mol. The van der Waals surface area contributed by atoms with Crippen molar-refractivity contribution in [3.8, 4) is 0 Å². The minimum absolute atomic E-state index is 0.0759. The molecule has 6 heteroatoms. The zero-order valence-corrected chi connectivity index (χ0v) is 7.22. The Morgan fingerprint density at radius 3 is 2.08 bits per heavy atom. The maximum absolute atomic E-state index is 10.7. The zero-order chi connectivity index (χ0) is 9.94. The summed E-state index contributed by atoms with van der Waals surface area (Å²) in [6.07, 6.45) is -0.853. The summed E-state index contributed by atoms with van der Waals surface area (Å²) in [7, 11) is -4.73. The van der Waals surface area contributed by atoms with Gasteiger partial charge in [0.25, 0.3) is 5.12 Å². The summed E-state index contributed by atoms with van der Waals surface area (Å²) >= 11 is 0. The van der Waals surface area contributed by atoms with Gasteiger partial charge in [0.05, 0.1) is 6.42 Å². The van der Waals surface area contributed by atoms with Gasteiger partial charge < -0.3 is 0 Å². The molecule has 0 aromatic heterocycles. The molecule has 0 bridgehead atoms. The molecule has 0 unspecified atom stereocenters. The Labute approximate surface area is 69.8 Å². The van der Waals surface area contributed by atoms with E-state index in [4.69, 9.17) is 4.55 Å². The van der Waals surface area contributed by atoms with E-state index in [1.54, 1.807) is 0 Å². The average molecular weight is 192 g/mol. The van der Waals surface area contributed by atoms with E-state index >= 15 is 0 Å². The third kappa shape index (κ3) is 3.40. The fraction of sp³-hybridized carbons (Fsp3) is 0.333. The summed E-state index contributed by atoms with van der Waals surface area (Å²) in [6, 6.07) is 0. The topological polar surface area (TPSA) is 88.5 Å². The monoisotopic (exact) mass is 192 g/mol. The maximum Gasteiger partial charge on any atom is 0.329 e. The lowest BCUT2D eigenvalue weighted by atomic mass is 10.2. The van der Waals surface area contributed by atoms with Crippen molar-refractivity contribution in [1.82, 2.24) is 0 Å². The molecule has 68 valence electrons. The highest BCUT2D eigenvalue weighted by atomic mass is 32.2. The summed E-state index contributed by atoms with van der Waals surface area (Å²) in [4.78, 5) is 21.2. The lowest BCUT2D eigenvalue weighted by Gasteiger charge is -1.95. The Balaban J connectivity index is 4.42. The molecule has 0 aliphatic rings. The van der Waals surface area contributed by atoms with Gasteiger partial charge in [0.15, 0.2) is 5.78 Å².